The average Bonchev–Trinajstić information content (AvgIpc) is 3.01. The number of hydrogen-bond donors (Lipinski definition) is 3. The molecule has 1 aliphatic carbocycles. The highest BCUT2D eigenvalue weighted by molar-refractivity contribution is 5.97. The van der Waals surface area contributed by atoms with Crippen molar-refractivity contribution in [2.45, 2.75) is 37.8 Å². The van der Waals surface area contributed by atoms with Crippen LogP contribution in [0.1, 0.15) is 36.0 Å². The smallest absolute Gasteiger partial charge is 0.251 e. The van der Waals surface area contributed by atoms with Crippen molar-refractivity contribution in [2.75, 3.05) is 19.0 Å². The zero-order valence-corrected chi connectivity index (χ0v) is 14.0. The van der Waals surface area contributed by atoms with Crippen molar-refractivity contribution in [3.63, 3.8) is 0 Å². The molecule has 0 aromatic heterocycles. The Morgan fingerprint density at radius 1 is 1.26 bits per heavy atom. The molecule has 1 aromatic rings. The van der Waals surface area contributed by atoms with Crippen LogP contribution in [0.4, 0.5) is 5.69 Å². The van der Waals surface area contributed by atoms with Gasteiger partial charge in [-0.15, -0.1) is 12.4 Å². The molecule has 0 heterocycles. The molecule has 0 radical (unpaired) electrons. The van der Waals surface area contributed by atoms with Crippen LogP contribution in [0.5, 0.6) is 0 Å². The number of nitrogens with one attached hydrogen (secondary N) is 2. The van der Waals surface area contributed by atoms with Gasteiger partial charge in [0.2, 0.25) is 5.91 Å². The third-order valence-electron chi connectivity index (χ3n) is 3.79. The normalized spacial score (nSPS) is 15.6. The lowest BCUT2D eigenvalue weighted by Crippen LogP contribution is -2.39. The molecule has 2 amide bonds. The topological polar surface area (TPSA) is 93.4 Å². The Morgan fingerprint density at radius 3 is 2.43 bits per heavy atom. The highest BCUT2D eigenvalue weighted by Gasteiger charge is 2.18. The van der Waals surface area contributed by atoms with Crippen molar-refractivity contribution >= 4 is 29.9 Å². The van der Waals surface area contributed by atoms with Gasteiger partial charge < -0.3 is 21.1 Å². The summed E-state index contributed by atoms with van der Waals surface area (Å²) >= 11 is 0. The van der Waals surface area contributed by atoms with Crippen molar-refractivity contribution in [1.82, 2.24) is 5.32 Å². The molecule has 7 heteroatoms. The number of hydrogen-bond acceptors (Lipinski definition) is 4. The highest BCUT2D eigenvalue weighted by atomic mass is 35.5. The Kier molecular flexibility index (Phi) is 8.02. The number of benzene rings is 1. The maximum Gasteiger partial charge on any atom is 0.251 e. The fourth-order valence-corrected chi connectivity index (χ4v) is 2.53. The van der Waals surface area contributed by atoms with Crippen LogP contribution >= 0.6 is 12.4 Å². The van der Waals surface area contributed by atoms with E-state index in [4.69, 9.17) is 10.5 Å². The fraction of sp³-hybridized carbons (Fsp3) is 0.500. The van der Waals surface area contributed by atoms with Crippen molar-refractivity contribution in [1.29, 1.82) is 0 Å². The average molecular weight is 342 g/mol. The van der Waals surface area contributed by atoms with Gasteiger partial charge in [-0.05, 0) is 37.1 Å². The molecule has 0 saturated heterocycles. The minimum atomic E-state index is -0.713. The monoisotopic (exact) mass is 341 g/mol. The molecular weight excluding hydrogens is 318 g/mol. The van der Waals surface area contributed by atoms with Gasteiger partial charge in [-0.1, -0.05) is 12.8 Å². The number of methoxy groups -OCH3 is 1. The minimum absolute atomic E-state index is 0. The Balaban J connectivity index is 0.00000264. The van der Waals surface area contributed by atoms with Crippen LogP contribution in [0.15, 0.2) is 24.3 Å². The van der Waals surface area contributed by atoms with Gasteiger partial charge in [0, 0.05) is 24.4 Å². The summed E-state index contributed by atoms with van der Waals surface area (Å²) in [5, 5.41) is 5.72. The fourth-order valence-electron chi connectivity index (χ4n) is 2.53. The minimum Gasteiger partial charge on any atom is -0.383 e. The third-order valence-corrected chi connectivity index (χ3v) is 3.79. The van der Waals surface area contributed by atoms with Crippen LogP contribution in [0.25, 0.3) is 0 Å². The number of amides is 2. The Labute approximate surface area is 142 Å². The van der Waals surface area contributed by atoms with Crippen LogP contribution in [0, 0.1) is 0 Å². The molecule has 1 atom stereocenters. The second kappa shape index (κ2) is 9.50. The lowest BCUT2D eigenvalue weighted by molar-refractivity contribution is -0.118. The summed E-state index contributed by atoms with van der Waals surface area (Å²) in [6, 6.07) is 6.36. The predicted octanol–water partition coefficient (Wildman–Crippen LogP) is 1.69. The number of ether oxygens (including phenoxy) is 1. The van der Waals surface area contributed by atoms with E-state index in [-0.39, 0.29) is 30.8 Å². The third kappa shape index (κ3) is 5.82. The second-order valence-corrected chi connectivity index (χ2v) is 5.58. The lowest BCUT2D eigenvalue weighted by atomic mass is 10.1. The van der Waals surface area contributed by atoms with Gasteiger partial charge in [0.05, 0.1) is 6.61 Å². The van der Waals surface area contributed by atoms with Crippen molar-refractivity contribution in [3.8, 4) is 0 Å². The molecule has 1 unspecified atom stereocenters. The zero-order chi connectivity index (χ0) is 15.9. The molecule has 1 aromatic carbocycles. The SMILES string of the molecule is COCC(N)C(=O)Nc1ccc(C(=O)NC2CCCC2)cc1.Cl. The van der Waals surface area contributed by atoms with E-state index in [1.807, 2.05) is 0 Å². The first kappa shape index (κ1) is 19.4. The predicted molar refractivity (Wildman–Crippen MR) is 91.9 cm³/mol. The van der Waals surface area contributed by atoms with E-state index in [0.717, 1.165) is 12.8 Å². The van der Waals surface area contributed by atoms with Crippen LogP contribution < -0.4 is 16.4 Å². The van der Waals surface area contributed by atoms with Gasteiger partial charge >= 0.3 is 0 Å². The number of anilines is 1. The van der Waals surface area contributed by atoms with Crippen molar-refractivity contribution < 1.29 is 14.3 Å². The largest absolute Gasteiger partial charge is 0.383 e. The molecule has 0 spiro atoms. The van der Waals surface area contributed by atoms with Gasteiger partial charge in [0.25, 0.3) is 5.91 Å². The van der Waals surface area contributed by atoms with Crippen LogP contribution in [-0.2, 0) is 9.53 Å². The molecule has 4 N–H and O–H groups in total. The lowest BCUT2D eigenvalue weighted by Gasteiger charge is -2.13. The summed E-state index contributed by atoms with van der Waals surface area (Å²) < 4.78 is 4.84. The Morgan fingerprint density at radius 2 is 1.87 bits per heavy atom. The number of carbonyl (C=O) groups excluding carboxylic acids is 2. The molecule has 1 fully saturated rings. The van der Waals surface area contributed by atoms with E-state index < -0.39 is 6.04 Å². The van der Waals surface area contributed by atoms with E-state index >= 15 is 0 Å². The van der Waals surface area contributed by atoms with Gasteiger partial charge in [-0.25, -0.2) is 0 Å². The maximum absolute atomic E-state index is 12.1. The van der Waals surface area contributed by atoms with E-state index in [1.165, 1.54) is 20.0 Å². The van der Waals surface area contributed by atoms with Gasteiger partial charge in [0.1, 0.15) is 6.04 Å². The summed E-state index contributed by atoms with van der Waals surface area (Å²) in [7, 11) is 1.49. The molecule has 1 aliphatic rings. The van der Waals surface area contributed by atoms with Gasteiger partial charge in [-0.2, -0.15) is 0 Å². The summed E-state index contributed by atoms with van der Waals surface area (Å²) in [6.07, 6.45) is 4.46. The number of halogens is 1. The van der Waals surface area contributed by atoms with E-state index in [1.54, 1.807) is 24.3 Å². The standard InChI is InChI=1S/C16H23N3O3.ClH/c1-22-10-14(17)16(21)19-13-8-6-11(7-9-13)15(20)18-12-4-2-3-5-12;/h6-9,12,14H,2-5,10,17H2,1H3,(H,18,20)(H,19,21);1H. The first-order valence-electron chi connectivity index (χ1n) is 7.56. The Bertz CT molecular complexity index is 516. The highest BCUT2D eigenvalue weighted by Crippen LogP contribution is 2.18. The van der Waals surface area contributed by atoms with E-state index in [9.17, 15) is 9.59 Å². The van der Waals surface area contributed by atoms with Gasteiger partial charge in [0.15, 0.2) is 0 Å². The summed E-state index contributed by atoms with van der Waals surface area (Å²) in [6.45, 7) is 0.160. The molecular formula is C16H24ClN3O3. The maximum atomic E-state index is 12.1. The van der Waals surface area contributed by atoms with Crippen molar-refractivity contribution in [2.24, 2.45) is 5.73 Å². The summed E-state index contributed by atoms with van der Waals surface area (Å²) in [5.74, 6) is -0.383. The van der Waals surface area contributed by atoms with Crippen LogP contribution in [0.3, 0.4) is 0 Å². The first-order chi connectivity index (χ1) is 10.6. The molecule has 128 valence electrons. The number of nitrogens with two attached hydrogens (primary N) is 1. The van der Waals surface area contributed by atoms with E-state index in [0.29, 0.717) is 17.3 Å². The van der Waals surface area contributed by atoms with Crippen molar-refractivity contribution in [3.05, 3.63) is 29.8 Å². The van der Waals surface area contributed by atoms with Crippen LogP contribution in [-0.4, -0.2) is 37.6 Å². The molecule has 2 rings (SSSR count). The number of carbonyl (C=O) groups is 2. The van der Waals surface area contributed by atoms with E-state index in [2.05, 4.69) is 10.6 Å². The summed E-state index contributed by atoms with van der Waals surface area (Å²) in [4.78, 5) is 23.8. The summed E-state index contributed by atoms with van der Waals surface area (Å²) in [5.41, 5.74) is 6.84. The van der Waals surface area contributed by atoms with Gasteiger partial charge in [-0.3, -0.25) is 9.59 Å². The number of rotatable bonds is 6. The molecule has 0 aliphatic heterocycles. The molecule has 6 nitrogen and oxygen atoms in total. The Hall–Kier alpha value is -1.63. The zero-order valence-electron chi connectivity index (χ0n) is 13.2. The quantitative estimate of drug-likeness (QED) is 0.734. The molecule has 0 bridgehead atoms. The molecule has 1 saturated carbocycles. The second-order valence-electron chi connectivity index (χ2n) is 5.58. The molecule has 23 heavy (non-hydrogen) atoms. The first-order valence-corrected chi connectivity index (χ1v) is 7.56. The van der Waals surface area contributed by atoms with Crippen LogP contribution in [0.2, 0.25) is 0 Å².